The predicted octanol–water partition coefficient (Wildman–Crippen LogP) is 2.71. The number of nitrogens with one attached hydrogen (secondary N) is 2. The minimum absolute atomic E-state index is 0.0941. The van der Waals surface area contributed by atoms with E-state index in [2.05, 4.69) is 15.3 Å². The van der Waals surface area contributed by atoms with Gasteiger partial charge in [0.05, 0.1) is 16.6 Å². The summed E-state index contributed by atoms with van der Waals surface area (Å²) in [6, 6.07) is 9.58. The molecule has 1 aliphatic rings. The van der Waals surface area contributed by atoms with E-state index in [0.29, 0.717) is 17.2 Å². The van der Waals surface area contributed by atoms with Crippen LogP contribution in [0.15, 0.2) is 45.9 Å². The van der Waals surface area contributed by atoms with Crippen LogP contribution in [0.1, 0.15) is 23.5 Å². The molecule has 4 heterocycles. The normalized spacial score (nSPS) is 17.2. The molecule has 7 heteroatoms. The summed E-state index contributed by atoms with van der Waals surface area (Å²) in [5, 5.41) is 6.83. The molecule has 0 saturated carbocycles. The highest BCUT2D eigenvalue weighted by molar-refractivity contribution is 7.08. The Morgan fingerprint density at radius 1 is 1.21 bits per heavy atom. The number of amides is 1. The molecule has 3 aromatic heterocycles. The summed E-state index contributed by atoms with van der Waals surface area (Å²) in [6.07, 6.45) is 0.269. The van der Waals surface area contributed by atoms with Gasteiger partial charge in [-0.1, -0.05) is 12.1 Å². The van der Waals surface area contributed by atoms with Crippen LogP contribution in [-0.4, -0.2) is 20.3 Å². The Hall–Kier alpha value is -2.93. The maximum Gasteiger partial charge on any atom is 0.258 e. The minimum atomic E-state index is -0.241. The van der Waals surface area contributed by atoms with Gasteiger partial charge in [-0.05, 0) is 34.5 Å². The summed E-state index contributed by atoms with van der Waals surface area (Å²) in [5.74, 6) is 0.624. The average molecular weight is 336 g/mol. The Morgan fingerprint density at radius 3 is 2.92 bits per heavy atom. The van der Waals surface area contributed by atoms with E-state index in [4.69, 9.17) is 0 Å². The zero-order chi connectivity index (χ0) is 16.3. The number of carbonyl (C=O) groups excluding carboxylic acids is 1. The Kier molecular flexibility index (Phi) is 2.69. The van der Waals surface area contributed by atoms with E-state index in [-0.39, 0.29) is 23.8 Å². The standard InChI is InChI=1S/C17H12N4O2S/c22-13-7-10(9-5-6-24-8-9)14-15(19-13)21-12-4-2-1-3-11(12)18-17(21)20-16(14)23/h1-6,8,10H,7H2,(H,19,22)(H,18,20,23)/t10-/m0/s1. The molecule has 24 heavy (non-hydrogen) atoms. The molecule has 1 aromatic carbocycles. The number of imidazole rings is 1. The van der Waals surface area contributed by atoms with Crippen molar-refractivity contribution < 1.29 is 4.79 Å². The first kappa shape index (κ1) is 13.5. The van der Waals surface area contributed by atoms with Crippen LogP contribution in [0.4, 0.5) is 5.82 Å². The lowest BCUT2D eigenvalue weighted by Gasteiger charge is -2.25. The molecule has 118 valence electrons. The van der Waals surface area contributed by atoms with E-state index < -0.39 is 0 Å². The third-order valence-corrected chi connectivity index (χ3v) is 5.15. The molecule has 1 amide bonds. The molecule has 0 saturated heterocycles. The van der Waals surface area contributed by atoms with Crippen LogP contribution < -0.4 is 10.9 Å². The number of aromatic amines is 1. The number of aromatic nitrogens is 3. The number of anilines is 1. The Morgan fingerprint density at radius 2 is 2.08 bits per heavy atom. The smallest absolute Gasteiger partial charge is 0.258 e. The first-order valence-electron chi connectivity index (χ1n) is 7.57. The molecule has 6 nitrogen and oxygen atoms in total. The molecule has 0 fully saturated rings. The summed E-state index contributed by atoms with van der Waals surface area (Å²) in [6.45, 7) is 0. The van der Waals surface area contributed by atoms with E-state index in [1.807, 2.05) is 45.5 Å². The average Bonchev–Trinajstić information content (AvgIpc) is 3.21. The predicted molar refractivity (Wildman–Crippen MR) is 92.7 cm³/mol. The lowest BCUT2D eigenvalue weighted by atomic mass is 9.88. The number of carbonyl (C=O) groups is 1. The van der Waals surface area contributed by atoms with Gasteiger partial charge >= 0.3 is 0 Å². The molecule has 0 unspecified atom stereocenters. The SMILES string of the molecule is O=C1C[C@@H](c2ccsc2)c2c(n3c(nc4ccccc43)[nH]c2=O)N1. The van der Waals surface area contributed by atoms with Gasteiger partial charge in [0.25, 0.3) is 5.56 Å². The number of H-pyrrole nitrogens is 1. The van der Waals surface area contributed by atoms with Gasteiger partial charge in [-0.3, -0.25) is 19.0 Å². The second-order valence-electron chi connectivity index (χ2n) is 5.84. The third kappa shape index (κ3) is 1.78. The Bertz CT molecular complexity index is 1160. The number of benzene rings is 1. The van der Waals surface area contributed by atoms with Crippen LogP contribution in [0.25, 0.3) is 16.8 Å². The molecule has 1 atom stereocenters. The number of fused-ring (bicyclic) bond motifs is 5. The van der Waals surface area contributed by atoms with Crippen LogP contribution in [-0.2, 0) is 4.79 Å². The maximum absolute atomic E-state index is 12.7. The van der Waals surface area contributed by atoms with Gasteiger partial charge < -0.3 is 5.32 Å². The molecule has 0 aliphatic carbocycles. The number of rotatable bonds is 1. The van der Waals surface area contributed by atoms with E-state index in [0.717, 1.165) is 16.6 Å². The maximum atomic E-state index is 12.7. The summed E-state index contributed by atoms with van der Waals surface area (Å²) < 4.78 is 1.82. The Labute approximate surface area is 139 Å². The van der Waals surface area contributed by atoms with Crippen molar-refractivity contribution in [1.82, 2.24) is 14.4 Å². The van der Waals surface area contributed by atoms with Crippen LogP contribution in [0.2, 0.25) is 0 Å². The van der Waals surface area contributed by atoms with Gasteiger partial charge in [-0.15, -0.1) is 0 Å². The molecular weight excluding hydrogens is 324 g/mol. The van der Waals surface area contributed by atoms with Gasteiger partial charge in [0, 0.05) is 12.3 Å². The van der Waals surface area contributed by atoms with Crippen molar-refractivity contribution in [3.05, 3.63) is 62.6 Å². The quantitative estimate of drug-likeness (QED) is 0.561. The fourth-order valence-electron chi connectivity index (χ4n) is 3.41. The largest absolute Gasteiger partial charge is 0.311 e. The van der Waals surface area contributed by atoms with Crippen molar-refractivity contribution in [2.75, 3.05) is 5.32 Å². The summed E-state index contributed by atoms with van der Waals surface area (Å²) in [4.78, 5) is 32.3. The van der Waals surface area contributed by atoms with Crippen LogP contribution >= 0.6 is 11.3 Å². The van der Waals surface area contributed by atoms with Crippen molar-refractivity contribution in [3.8, 4) is 0 Å². The van der Waals surface area contributed by atoms with Crippen LogP contribution in [0.5, 0.6) is 0 Å². The third-order valence-electron chi connectivity index (χ3n) is 4.45. The number of hydrogen-bond donors (Lipinski definition) is 2. The van der Waals surface area contributed by atoms with Gasteiger partial charge in [-0.25, -0.2) is 4.98 Å². The number of nitrogens with zero attached hydrogens (tertiary/aromatic N) is 2. The molecule has 4 aromatic rings. The fourth-order valence-corrected chi connectivity index (χ4v) is 4.12. The highest BCUT2D eigenvalue weighted by Crippen LogP contribution is 2.36. The molecule has 0 bridgehead atoms. The first-order valence-corrected chi connectivity index (χ1v) is 8.52. The summed E-state index contributed by atoms with van der Waals surface area (Å²) >= 11 is 1.56. The van der Waals surface area contributed by atoms with E-state index >= 15 is 0 Å². The van der Waals surface area contributed by atoms with Crippen molar-refractivity contribution in [2.45, 2.75) is 12.3 Å². The van der Waals surface area contributed by atoms with Crippen LogP contribution in [0.3, 0.4) is 0 Å². The lowest BCUT2D eigenvalue weighted by molar-refractivity contribution is -0.116. The zero-order valence-electron chi connectivity index (χ0n) is 12.4. The molecule has 5 rings (SSSR count). The highest BCUT2D eigenvalue weighted by Gasteiger charge is 2.32. The minimum Gasteiger partial charge on any atom is -0.311 e. The first-order chi connectivity index (χ1) is 11.7. The van der Waals surface area contributed by atoms with Crippen LogP contribution in [0, 0.1) is 0 Å². The molecule has 0 radical (unpaired) electrons. The number of hydrogen-bond acceptors (Lipinski definition) is 4. The molecule has 1 aliphatic heterocycles. The fraction of sp³-hybridized carbons (Fsp3) is 0.118. The number of para-hydroxylation sites is 2. The molecule has 2 N–H and O–H groups in total. The Balaban J connectivity index is 1.92. The van der Waals surface area contributed by atoms with Gasteiger partial charge in [-0.2, -0.15) is 11.3 Å². The van der Waals surface area contributed by atoms with Gasteiger partial charge in [0.1, 0.15) is 5.82 Å². The topological polar surface area (TPSA) is 79.3 Å². The second kappa shape index (κ2) is 4.78. The monoisotopic (exact) mass is 336 g/mol. The second-order valence-corrected chi connectivity index (χ2v) is 6.62. The van der Waals surface area contributed by atoms with Gasteiger partial charge in [0.2, 0.25) is 11.7 Å². The van der Waals surface area contributed by atoms with Gasteiger partial charge in [0.15, 0.2) is 0 Å². The van der Waals surface area contributed by atoms with Crippen molar-refractivity contribution in [1.29, 1.82) is 0 Å². The summed E-state index contributed by atoms with van der Waals surface area (Å²) in [5.41, 5.74) is 3.00. The highest BCUT2D eigenvalue weighted by atomic mass is 32.1. The van der Waals surface area contributed by atoms with Crippen molar-refractivity contribution >= 4 is 39.9 Å². The molecule has 0 spiro atoms. The van der Waals surface area contributed by atoms with E-state index in [1.165, 1.54) is 0 Å². The summed E-state index contributed by atoms with van der Waals surface area (Å²) in [7, 11) is 0. The van der Waals surface area contributed by atoms with Crippen molar-refractivity contribution in [3.63, 3.8) is 0 Å². The van der Waals surface area contributed by atoms with Crippen molar-refractivity contribution in [2.24, 2.45) is 0 Å². The lowest BCUT2D eigenvalue weighted by Crippen LogP contribution is -2.31. The van der Waals surface area contributed by atoms with E-state index in [9.17, 15) is 9.59 Å². The van der Waals surface area contributed by atoms with E-state index in [1.54, 1.807) is 11.3 Å². The number of thiophene rings is 1. The molecular formula is C17H12N4O2S. The zero-order valence-corrected chi connectivity index (χ0v) is 13.3.